The molecule has 1 amide bonds. The van der Waals surface area contributed by atoms with Crippen LogP contribution in [0.3, 0.4) is 0 Å². The van der Waals surface area contributed by atoms with E-state index in [0.29, 0.717) is 12.8 Å². The highest BCUT2D eigenvalue weighted by molar-refractivity contribution is 14.1. The summed E-state index contributed by atoms with van der Waals surface area (Å²) in [7, 11) is 0. The maximum atomic E-state index is 11.4. The number of carboxylic acid groups (broad SMARTS) is 1. The molecule has 0 rings (SSSR count). The first-order valence-electron chi connectivity index (χ1n) is 10.2. The molecule has 0 aliphatic carbocycles. The predicted molar refractivity (Wildman–Crippen MR) is 114 cm³/mol. The van der Waals surface area contributed by atoms with Gasteiger partial charge in [-0.25, -0.2) is 0 Å². The van der Waals surface area contributed by atoms with Crippen molar-refractivity contribution in [3.05, 3.63) is 0 Å². The zero-order valence-electron chi connectivity index (χ0n) is 16.1. The molecule has 0 saturated heterocycles. The molecule has 0 aromatic carbocycles. The number of carbonyl (C=O) groups excluding carboxylic acids is 2. The van der Waals surface area contributed by atoms with Gasteiger partial charge in [-0.15, -0.1) is 0 Å². The van der Waals surface area contributed by atoms with Crippen LogP contribution in [0.4, 0.5) is 0 Å². The summed E-state index contributed by atoms with van der Waals surface area (Å²) in [4.78, 5) is 32.5. The average molecular weight is 481 g/mol. The normalized spacial score (nSPS) is 10.7. The molecule has 0 atom stereocenters. The molecule has 0 radical (unpaired) electrons. The molecule has 0 aliphatic rings. The molecule has 0 fully saturated rings. The number of unbranched alkanes of at least 4 members (excludes halogenated alkanes) is 13. The monoisotopic (exact) mass is 481 g/mol. The molecule has 0 bridgehead atoms. The molecule has 5 nitrogen and oxygen atoms in total. The molecule has 0 spiro atoms. The summed E-state index contributed by atoms with van der Waals surface area (Å²) >= 11 is 1.69. The summed E-state index contributed by atoms with van der Waals surface area (Å²) in [5.41, 5.74) is 0. The molecule has 0 aromatic heterocycles. The topological polar surface area (TPSA) is 83.5 Å². The van der Waals surface area contributed by atoms with Gasteiger partial charge in [0.1, 0.15) is 0 Å². The van der Waals surface area contributed by atoms with Crippen molar-refractivity contribution in [1.29, 1.82) is 0 Å². The lowest BCUT2D eigenvalue weighted by Crippen LogP contribution is -2.26. The van der Waals surface area contributed by atoms with Crippen LogP contribution < -0.4 is 5.32 Å². The van der Waals surface area contributed by atoms with Crippen LogP contribution in [-0.2, 0) is 14.4 Å². The Labute approximate surface area is 172 Å². The molecule has 26 heavy (non-hydrogen) atoms. The molecule has 0 unspecified atom stereocenters. The minimum atomic E-state index is -0.681. The minimum absolute atomic E-state index is 0.0168. The highest BCUT2D eigenvalue weighted by Crippen LogP contribution is 2.13. The van der Waals surface area contributed by atoms with Crippen molar-refractivity contribution in [2.75, 3.05) is 6.54 Å². The third-order valence-corrected chi connectivity index (χ3v) is 4.85. The van der Waals surface area contributed by atoms with Crippen LogP contribution in [0.25, 0.3) is 0 Å². The smallest absolute Gasteiger partial charge is 0.303 e. The second kappa shape index (κ2) is 19.1. The van der Waals surface area contributed by atoms with E-state index in [1.54, 1.807) is 22.6 Å². The van der Waals surface area contributed by atoms with Gasteiger partial charge >= 0.3 is 5.97 Å². The number of hydrogen-bond donors (Lipinski definition) is 2. The van der Waals surface area contributed by atoms with Gasteiger partial charge in [0.2, 0.25) is 9.70 Å². The van der Waals surface area contributed by atoms with Crippen molar-refractivity contribution in [3.8, 4) is 0 Å². The largest absolute Gasteiger partial charge is 0.481 e. The Balaban J connectivity index is 3.12. The van der Waals surface area contributed by atoms with Gasteiger partial charge in [0.25, 0.3) is 0 Å². The van der Waals surface area contributed by atoms with Crippen molar-refractivity contribution in [1.82, 2.24) is 5.32 Å². The average Bonchev–Trinajstić information content (AvgIpc) is 2.59. The Morgan fingerprint density at radius 1 is 0.615 bits per heavy atom. The lowest BCUT2D eigenvalue weighted by atomic mass is 10.0. The molecule has 0 aliphatic heterocycles. The first-order valence-corrected chi connectivity index (χ1v) is 11.3. The van der Waals surface area contributed by atoms with Gasteiger partial charge in [0.15, 0.2) is 0 Å². The summed E-state index contributed by atoms with van der Waals surface area (Å²) < 4.78 is -0.0355. The molecule has 0 saturated carbocycles. The van der Waals surface area contributed by atoms with Gasteiger partial charge < -0.3 is 10.4 Å². The quantitative estimate of drug-likeness (QED) is 0.147. The van der Waals surface area contributed by atoms with Crippen LogP contribution in [0.5, 0.6) is 0 Å². The van der Waals surface area contributed by atoms with E-state index in [2.05, 4.69) is 5.32 Å². The van der Waals surface area contributed by atoms with Crippen molar-refractivity contribution < 1.29 is 19.5 Å². The van der Waals surface area contributed by atoms with Crippen molar-refractivity contribution in [3.63, 3.8) is 0 Å². The van der Waals surface area contributed by atoms with Crippen LogP contribution in [0.2, 0.25) is 0 Å². The Morgan fingerprint density at radius 2 is 0.962 bits per heavy atom. The fourth-order valence-electron chi connectivity index (χ4n) is 2.94. The van der Waals surface area contributed by atoms with Crippen molar-refractivity contribution in [2.24, 2.45) is 0 Å². The maximum Gasteiger partial charge on any atom is 0.303 e. The van der Waals surface area contributed by atoms with E-state index in [9.17, 15) is 14.4 Å². The number of hydrogen-bond acceptors (Lipinski definition) is 3. The standard InChI is InChI=1S/C20H36INO4/c21-18(23)17-22-19(24)15-13-11-9-7-5-3-1-2-4-6-8-10-12-14-16-20(25)26/h1-17H2,(H,22,24)(H,25,26). The molecule has 2 N–H and O–H groups in total. The van der Waals surface area contributed by atoms with Crippen molar-refractivity contribution in [2.45, 2.75) is 103 Å². The Kier molecular flexibility index (Phi) is 18.6. The minimum Gasteiger partial charge on any atom is -0.481 e. The number of amides is 1. The third kappa shape index (κ3) is 21.4. The zero-order chi connectivity index (χ0) is 19.5. The summed E-state index contributed by atoms with van der Waals surface area (Å²) in [5, 5.41) is 11.2. The van der Waals surface area contributed by atoms with Gasteiger partial charge in [-0.05, 0) is 12.8 Å². The van der Waals surface area contributed by atoms with E-state index in [4.69, 9.17) is 5.11 Å². The fourth-order valence-corrected chi connectivity index (χ4v) is 3.13. The Morgan fingerprint density at radius 3 is 1.31 bits per heavy atom. The van der Waals surface area contributed by atoms with Crippen LogP contribution in [-0.4, -0.2) is 27.3 Å². The van der Waals surface area contributed by atoms with Crippen molar-refractivity contribution >= 4 is 38.3 Å². The summed E-state index contributed by atoms with van der Waals surface area (Å²) in [6, 6.07) is 0. The first-order chi connectivity index (χ1) is 12.5. The maximum absolute atomic E-state index is 11.4. The van der Waals surface area contributed by atoms with Crippen LogP contribution in [0.1, 0.15) is 103 Å². The molecular formula is C20H36INO4. The van der Waals surface area contributed by atoms with E-state index in [1.807, 2.05) is 0 Å². The summed E-state index contributed by atoms with van der Waals surface area (Å²) in [6.07, 6.45) is 17.3. The van der Waals surface area contributed by atoms with Gasteiger partial charge in [-0.1, -0.05) is 77.0 Å². The van der Waals surface area contributed by atoms with Crippen LogP contribution in [0, 0.1) is 0 Å². The van der Waals surface area contributed by atoms with Crippen LogP contribution >= 0.6 is 22.6 Å². The number of rotatable bonds is 19. The highest BCUT2D eigenvalue weighted by Gasteiger charge is 2.02. The second-order valence-corrected chi connectivity index (χ2v) is 8.18. The number of carboxylic acids is 1. The predicted octanol–water partition coefficient (Wildman–Crippen LogP) is 5.39. The lowest BCUT2D eigenvalue weighted by molar-refractivity contribution is -0.137. The zero-order valence-corrected chi connectivity index (χ0v) is 18.2. The van der Waals surface area contributed by atoms with Gasteiger partial charge in [-0.3, -0.25) is 14.4 Å². The fraction of sp³-hybridized carbons (Fsp3) is 0.850. The number of nitrogens with one attached hydrogen (secondary N) is 1. The van der Waals surface area contributed by atoms with E-state index < -0.39 is 5.97 Å². The number of carbonyl (C=O) groups is 3. The summed E-state index contributed by atoms with van der Waals surface area (Å²) in [6.45, 7) is 0.143. The molecule has 0 heterocycles. The van der Waals surface area contributed by atoms with E-state index in [0.717, 1.165) is 25.7 Å². The van der Waals surface area contributed by atoms with E-state index >= 15 is 0 Å². The Hall–Kier alpha value is -0.660. The second-order valence-electron chi connectivity index (χ2n) is 6.98. The summed E-state index contributed by atoms with van der Waals surface area (Å²) in [5.74, 6) is -0.697. The lowest BCUT2D eigenvalue weighted by Gasteiger charge is -2.04. The molecule has 6 heteroatoms. The molecule has 0 aromatic rings. The van der Waals surface area contributed by atoms with E-state index in [1.165, 1.54) is 64.2 Å². The first kappa shape index (κ1) is 25.3. The van der Waals surface area contributed by atoms with Gasteiger partial charge in [0, 0.05) is 35.4 Å². The van der Waals surface area contributed by atoms with Gasteiger partial charge in [0.05, 0.1) is 6.54 Å². The van der Waals surface area contributed by atoms with Gasteiger partial charge in [-0.2, -0.15) is 0 Å². The third-order valence-electron chi connectivity index (χ3n) is 4.47. The SMILES string of the molecule is O=C(O)CCCCCCCCCCCCCCCCC(=O)NCC(=O)I. The number of aliphatic carboxylic acids is 1. The molecule has 152 valence electrons. The molecular weight excluding hydrogens is 445 g/mol. The van der Waals surface area contributed by atoms with E-state index in [-0.39, 0.29) is 16.2 Å². The number of halogens is 1. The van der Waals surface area contributed by atoms with Crippen LogP contribution in [0.15, 0.2) is 0 Å². The Bertz CT molecular complexity index is 388. The highest BCUT2D eigenvalue weighted by atomic mass is 127.